The standard InChI is InChI=1S/C41H38BrFN6O7/c1-52-37-15-25(2-7-36(37)56-22-29-21-54-12-13-55-29)26-14-31(39(45)47-17-26)30-5-4-28(16-34(30)43)48-40(51)33-19-46-18-32(38(33)50)35-6-3-27(42)20-49(35)24-41(23-44)8-10-53-11-9-41/h2-7,14-20,29H,8-13,21-22,24H2,1H3,(H2,45,47)(H,48,51)/t29-/m1/s1. The Kier molecular flexibility index (Phi) is 11.7. The zero-order valence-corrected chi connectivity index (χ0v) is 32.0. The summed E-state index contributed by atoms with van der Waals surface area (Å²) >= 11 is 3.49. The van der Waals surface area contributed by atoms with Crippen LogP contribution in [0.2, 0.25) is 0 Å². The third kappa shape index (κ3) is 8.43. The van der Waals surface area contributed by atoms with E-state index in [0.717, 1.165) is 16.1 Å². The van der Waals surface area contributed by atoms with Crippen LogP contribution in [0.5, 0.6) is 11.5 Å². The maximum Gasteiger partial charge on any atom is 0.261 e. The molecular formula is C41H38BrFN6O7. The fraction of sp³-hybridized carbons (Fsp3) is 0.293. The fourth-order valence-electron chi connectivity index (χ4n) is 6.72. The number of rotatable bonds is 10. The van der Waals surface area contributed by atoms with Crippen LogP contribution in [0, 0.1) is 22.6 Å². The molecule has 0 radical (unpaired) electrons. The molecule has 0 bridgehead atoms. The van der Waals surface area contributed by atoms with Gasteiger partial charge in [-0.05, 0) is 82.9 Å². The highest BCUT2D eigenvalue weighted by Gasteiger charge is 2.37. The molecule has 1 aromatic heterocycles. The van der Waals surface area contributed by atoms with E-state index in [1.165, 1.54) is 31.7 Å². The van der Waals surface area contributed by atoms with Gasteiger partial charge in [0.05, 0.1) is 49.7 Å². The van der Waals surface area contributed by atoms with Crippen LogP contribution >= 0.6 is 15.9 Å². The number of ketones is 1. The Hall–Kier alpha value is -5.66. The molecule has 13 nitrogen and oxygen atoms in total. The van der Waals surface area contributed by atoms with Crippen molar-refractivity contribution in [2.24, 2.45) is 10.4 Å². The molecule has 4 aliphatic rings. The predicted molar refractivity (Wildman–Crippen MR) is 210 cm³/mol. The van der Waals surface area contributed by atoms with Crippen molar-refractivity contribution in [1.29, 1.82) is 5.26 Å². The van der Waals surface area contributed by atoms with E-state index in [1.807, 2.05) is 11.0 Å². The second kappa shape index (κ2) is 17.0. The maximum absolute atomic E-state index is 15.8. The molecule has 56 heavy (non-hydrogen) atoms. The number of carbonyl (C=O) groups is 2. The van der Waals surface area contributed by atoms with Gasteiger partial charge < -0.3 is 39.6 Å². The number of ether oxygens (including phenoxy) is 5. The zero-order chi connectivity index (χ0) is 39.2. The van der Waals surface area contributed by atoms with Gasteiger partial charge in [-0.1, -0.05) is 6.07 Å². The first kappa shape index (κ1) is 38.6. The number of aromatic nitrogens is 1. The summed E-state index contributed by atoms with van der Waals surface area (Å²) in [4.78, 5) is 37.6. The summed E-state index contributed by atoms with van der Waals surface area (Å²) in [5.74, 6) is -0.878. The van der Waals surface area contributed by atoms with Crippen LogP contribution in [0.4, 0.5) is 15.9 Å². The quantitative estimate of drug-likeness (QED) is 0.179. The summed E-state index contributed by atoms with van der Waals surface area (Å²) in [6.45, 7) is 3.07. The van der Waals surface area contributed by atoms with Crippen molar-refractivity contribution in [3.8, 4) is 39.8 Å². The van der Waals surface area contributed by atoms with Crippen molar-refractivity contribution in [3.63, 3.8) is 0 Å². The van der Waals surface area contributed by atoms with E-state index in [4.69, 9.17) is 29.4 Å². The Morgan fingerprint density at radius 1 is 1.09 bits per heavy atom. The van der Waals surface area contributed by atoms with Crippen LogP contribution in [0.3, 0.4) is 0 Å². The molecule has 3 N–H and O–H groups in total. The molecule has 0 unspecified atom stereocenters. The molecule has 0 spiro atoms. The van der Waals surface area contributed by atoms with Gasteiger partial charge in [0.2, 0.25) is 5.78 Å². The molecule has 0 saturated carbocycles. The lowest BCUT2D eigenvalue weighted by Gasteiger charge is -2.37. The smallest absolute Gasteiger partial charge is 0.261 e. The molecule has 0 aliphatic carbocycles. The summed E-state index contributed by atoms with van der Waals surface area (Å²) in [5, 5.41) is 12.7. The molecule has 2 saturated heterocycles. The number of nitrogen functional groups attached to an aromatic ring is 1. The number of aliphatic imine (C=N–C) groups is 1. The van der Waals surface area contributed by atoms with Gasteiger partial charge in [0.1, 0.15) is 29.9 Å². The Bertz CT molecular complexity index is 2230. The van der Waals surface area contributed by atoms with Crippen LogP contribution in [-0.2, 0) is 23.8 Å². The number of hydrogen-bond acceptors (Lipinski definition) is 12. The molecule has 1 atom stereocenters. The van der Waals surface area contributed by atoms with E-state index in [9.17, 15) is 14.9 Å². The van der Waals surface area contributed by atoms with Crippen molar-refractivity contribution in [2.75, 3.05) is 64.3 Å². The summed E-state index contributed by atoms with van der Waals surface area (Å²) in [7, 11) is 1.54. The number of hydrogen-bond donors (Lipinski definition) is 2. The average molecular weight is 826 g/mol. The van der Waals surface area contributed by atoms with E-state index in [2.05, 4.69) is 37.3 Å². The van der Waals surface area contributed by atoms with Crippen LogP contribution < -0.4 is 20.5 Å². The first-order valence-corrected chi connectivity index (χ1v) is 18.7. The van der Waals surface area contributed by atoms with Crippen molar-refractivity contribution in [2.45, 2.75) is 18.9 Å². The van der Waals surface area contributed by atoms with Crippen molar-refractivity contribution in [3.05, 3.63) is 100 Å². The molecule has 7 rings (SSSR count). The minimum absolute atomic E-state index is 0.104. The number of pyridine rings is 1. The first-order valence-electron chi connectivity index (χ1n) is 17.9. The fourth-order valence-corrected chi connectivity index (χ4v) is 7.10. The molecule has 5 heterocycles. The number of nitriles is 1. The number of allylic oxidation sites excluding steroid dienone is 4. The summed E-state index contributed by atoms with van der Waals surface area (Å²) < 4.78 is 44.7. The third-order valence-electron chi connectivity index (χ3n) is 9.81. The van der Waals surface area contributed by atoms with Crippen molar-refractivity contribution >= 4 is 45.3 Å². The van der Waals surface area contributed by atoms with Crippen molar-refractivity contribution in [1.82, 2.24) is 9.88 Å². The highest BCUT2D eigenvalue weighted by molar-refractivity contribution is 9.11. The van der Waals surface area contributed by atoms with E-state index >= 15 is 4.39 Å². The molecule has 4 aliphatic heterocycles. The average Bonchev–Trinajstić information content (AvgIpc) is 3.21. The van der Waals surface area contributed by atoms with Crippen LogP contribution in [0.15, 0.2) is 99.5 Å². The van der Waals surface area contributed by atoms with Gasteiger partial charge in [-0.15, -0.1) is 0 Å². The highest BCUT2D eigenvalue weighted by atomic mass is 79.9. The number of Topliss-reactive ketones (excluding diaryl/α,β-unsaturated/α-hetero) is 1. The van der Waals surface area contributed by atoms with Gasteiger partial charge in [-0.2, -0.15) is 5.26 Å². The van der Waals surface area contributed by atoms with E-state index in [0.29, 0.717) is 87.4 Å². The second-order valence-corrected chi connectivity index (χ2v) is 14.4. The minimum atomic E-state index is -0.762. The number of methoxy groups -OCH3 is 1. The minimum Gasteiger partial charge on any atom is -0.493 e. The number of anilines is 2. The number of nitrogens with two attached hydrogens (primary N) is 1. The third-order valence-corrected chi connectivity index (χ3v) is 10.3. The van der Waals surface area contributed by atoms with E-state index in [1.54, 1.807) is 42.7 Å². The van der Waals surface area contributed by atoms with Gasteiger partial charge in [0.15, 0.2) is 11.5 Å². The highest BCUT2D eigenvalue weighted by Crippen LogP contribution is 2.38. The predicted octanol–water partition coefficient (Wildman–Crippen LogP) is 6.10. The van der Waals surface area contributed by atoms with Crippen LogP contribution in [0.25, 0.3) is 22.3 Å². The van der Waals surface area contributed by atoms with Gasteiger partial charge in [0.25, 0.3) is 5.91 Å². The largest absolute Gasteiger partial charge is 0.493 e. The Balaban J connectivity index is 1.06. The Morgan fingerprint density at radius 3 is 2.68 bits per heavy atom. The molecule has 15 heteroatoms. The molecule has 2 fully saturated rings. The normalized spacial score (nSPS) is 20.5. The number of halogens is 2. The van der Waals surface area contributed by atoms with Gasteiger partial charge in [0, 0.05) is 71.4 Å². The number of benzene rings is 2. The van der Waals surface area contributed by atoms with Crippen LogP contribution in [0.1, 0.15) is 12.8 Å². The lowest BCUT2D eigenvalue weighted by atomic mass is 9.81. The van der Waals surface area contributed by atoms with Gasteiger partial charge in [-0.25, -0.2) is 9.37 Å². The summed E-state index contributed by atoms with van der Waals surface area (Å²) in [6, 6.07) is 13.7. The molecule has 2 aromatic carbocycles. The molecule has 288 valence electrons. The maximum atomic E-state index is 15.8. The van der Waals surface area contributed by atoms with Crippen molar-refractivity contribution < 1.29 is 37.7 Å². The number of carbonyl (C=O) groups excluding carboxylic acids is 2. The SMILES string of the molecule is COc1cc(-c2cnc(N)c(-c3ccc(NC(=O)C4=CN=CC(=C5C=CC(Br)=CN5CC5(C#N)CCOCC5)C4=O)cc3F)c2)ccc1OC[C@H]1COCCO1. The Labute approximate surface area is 331 Å². The Morgan fingerprint density at radius 2 is 1.93 bits per heavy atom. The number of nitrogens with zero attached hydrogens (tertiary/aromatic N) is 4. The zero-order valence-electron chi connectivity index (χ0n) is 30.4. The number of amides is 1. The summed E-state index contributed by atoms with van der Waals surface area (Å²) in [6.07, 6.45) is 10.4. The number of nitrogens with one attached hydrogen (secondary N) is 1. The van der Waals surface area contributed by atoms with Gasteiger partial charge in [-0.3, -0.25) is 14.6 Å². The second-order valence-electron chi connectivity index (χ2n) is 13.5. The summed E-state index contributed by atoms with van der Waals surface area (Å²) in [5.41, 5.74) is 7.99. The van der Waals surface area contributed by atoms with Gasteiger partial charge >= 0.3 is 0 Å². The first-order chi connectivity index (χ1) is 27.2. The lowest BCUT2D eigenvalue weighted by molar-refractivity contribution is -0.118. The van der Waals surface area contributed by atoms with E-state index in [-0.39, 0.29) is 34.3 Å². The van der Waals surface area contributed by atoms with Crippen LogP contribution in [-0.4, -0.2) is 87.2 Å². The molecular weight excluding hydrogens is 787 g/mol. The van der Waals surface area contributed by atoms with E-state index < -0.39 is 22.9 Å². The molecule has 1 amide bonds. The monoisotopic (exact) mass is 824 g/mol. The molecule has 3 aromatic rings. The topological polar surface area (TPSA) is 171 Å². The lowest BCUT2D eigenvalue weighted by Crippen LogP contribution is -2.39.